The third-order valence-electron chi connectivity index (χ3n) is 5.82. The Labute approximate surface area is 189 Å². The largest absolute Gasteiger partial charge is 0.492 e. The number of benzene rings is 1. The minimum atomic E-state index is -0.153. The number of nitrogens with zero attached hydrogens (tertiary/aromatic N) is 4. The summed E-state index contributed by atoms with van der Waals surface area (Å²) < 4.78 is 12.1. The Morgan fingerprint density at radius 3 is 2.69 bits per heavy atom. The molecule has 0 saturated carbocycles. The summed E-state index contributed by atoms with van der Waals surface area (Å²) in [5.74, 6) is 0.888. The zero-order valence-electron chi connectivity index (χ0n) is 17.7. The average Bonchev–Trinajstić information content (AvgIpc) is 3.54. The van der Waals surface area contributed by atoms with E-state index in [0.29, 0.717) is 23.2 Å². The van der Waals surface area contributed by atoms with Gasteiger partial charge in [0.15, 0.2) is 5.76 Å². The van der Waals surface area contributed by atoms with E-state index in [9.17, 15) is 9.90 Å². The van der Waals surface area contributed by atoms with Crippen molar-refractivity contribution in [2.75, 3.05) is 19.7 Å². The Bertz CT molecular complexity index is 1190. The van der Waals surface area contributed by atoms with Gasteiger partial charge in [-0.3, -0.25) is 9.69 Å². The molecule has 5 rings (SSSR count). The van der Waals surface area contributed by atoms with Crippen LogP contribution >= 0.6 is 11.3 Å². The number of likely N-dealkylation sites (tertiary alicyclic amines) is 1. The van der Waals surface area contributed by atoms with Crippen LogP contribution in [0, 0.1) is 5.92 Å². The molecule has 4 heterocycles. The molecule has 8 nitrogen and oxygen atoms in total. The van der Waals surface area contributed by atoms with E-state index in [1.807, 2.05) is 25.1 Å². The molecule has 32 heavy (non-hydrogen) atoms. The first-order chi connectivity index (χ1) is 15.7. The lowest BCUT2D eigenvalue weighted by Crippen LogP contribution is -2.39. The van der Waals surface area contributed by atoms with Gasteiger partial charge in [0.05, 0.1) is 29.7 Å². The third-order valence-corrected chi connectivity index (χ3v) is 6.89. The number of carbonyl (C=O) groups is 1. The van der Waals surface area contributed by atoms with Gasteiger partial charge in [-0.15, -0.1) is 5.10 Å². The Kier molecular flexibility index (Phi) is 5.67. The van der Waals surface area contributed by atoms with Crippen molar-refractivity contribution in [3.05, 3.63) is 59.2 Å². The van der Waals surface area contributed by atoms with Crippen LogP contribution in [0.1, 0.15) is 36.2 Å². The molecule has 9 heteroatoms. The molecule has 0 bridgehead atoms. The van der Waals surface area contributed by atoms with E-state index in [1.165, 1.54) is 15.9 Å². The SMILES string of the molecule is CCOC(=O)C1CCN(C(c2ccccc2)c2sc3nc(-c4ccco4)nn3c2O)CC1. The summed E-state index contributed by atoms with van der Waals surface area (Å²) in [6.45, 7) is 3.70. The molecule has 0 spiro atoms. The number of thiazole rings is 1. The molecule has 1 unspecified atom stereocenters. The van der Waals surface area contributed by atoms with Crippen molar-refractivity contribution in [3.8, 4) is 17.5 Å². The van der Waals surface area contributed by atoms with Gasteiger partial charge in [-0.05, 0) is 50.6 Å². The first-order valence-electron chi connectivity index (χ1n) is 10.7. The zero-order chi connectivity index (χ0) is 22.1. The molecule has 166 valence electrons. The smallest absolute Gasteiger partial charge is 0.309 e. The zero-order valence-corrected chi connectivity index (χ0v) is 18.5. The van der Waals surface area contributed by atoms with E-state index in [4.69, 9.17) is 9.15 Å². The van der Waals surface area contributed by atoms with Crippen LogP contribution in [-0.2, 0) is 9.53 Å². The Morgan fingerprint density at radius 2 is 2.03 bits per heavy atom. The van der Waals surface area contributed by atoms with Crippen molar-refractivity contribution < 1.29 is 19.1 Å². The number of rotatable bonds is 6. The predicted octanol–water partition coefficient (Wildman–Crippen LogP) is 4.12. The summed E-state index contributed by atoms with van der Waals surface area (Å²) in [5, 5.41) is 15.6. The highest BCUT2D eigenvalue weighted by Crippen LogP contribution is 2.41. The number of hydrogen-bond donors (Lipinski definition) is 1. The van der Waals surface area contributed by atoms with Gasteiger partial charge in [0.2, 0.25) is 16.7 Å². The quantitative estimate of drug-likeness (QED) is 0.440. The van der Waals surface area contributed by atoms with Crippen molar-refractivity contribution in [1.82, 2.24) is 19.5 Å². The number of aromatic hydroxyl groups is 1. The molecule has 0 aliphatic carbocycles. The maximum Gasteiger partial charge on any atom is 0.309 e. The molecule has 3 aromatic heterocycles. The number of carbonyl (C=O) groups excluding carboxylic acids is 1. The monoisotopic (exact) mass is 452 g/mol. The molecular formula is C23H24N4O4S. The lowest BCUT2D eigenvalue weighted by Gasteiger charge is -2.36. The molecule has 1 aliphatic heterocycles. The summed E-state index contributed by atoms with van der Waals surface area (Å²) in [6, 6.07) is 13.5. The minimum Gasteiger partial charge on any atom is -0.492 e. The number of hydrogen-bond acceptors (Lipinski definition) is 8. The molecule has 1 aromatic carbocycles. The van der Waals surface area contributed by atoms with Crippen LogP contribution in [0.4, 0.5) is 0 Å². The number of furan rings is 1. The van der Waals surface area contributed by atoms with Crippen molar-refractivity contribution in [3.63, 3.8) is 0 Å². The second-order valence-electron chi connectivity index (χ2n) is 7.77. The van der Waals surface area contributed by atoms with Crippen LogP contribution in [0.15, 0.2) is 53.1 Å². The lowest BCUT2D eigenvalue weighted by molar-refractivity contribution is -0.149. The highest BCUT2D eigenvalue weighted by molar-refractivity contribution is 7.17. The van der Waals surface area contributed by atoms with Gasteiger partial charge in [-0.25, -0.2) is 0 Å². The summed E-state index contributed by atoms with van der Waals surface area (Å²) in [4.78, 5) is 20.4. The van der Waals surface area contributed by atoms with Gasteiger partial charge in [0, 0.05) is 0 Å². The molecular weight excluding hydrogens is 428 g/mol. The average molecular weight is 453 g/mol. The van der Waals surface area contributed by atoms with Crippen LogP contribution in [-0.4, -0.2) is 50.3 Å². The fourth-order valence-corrected chi connectivity index (χ4v) is 5.37. The van der Waals surface area contributed by atoms with E-state index >= 15 is 0 Å². The predicted molar refractivity (Wildman–Crippen MR) is 119 cm³/mol. The van der Waals surface area contributed by atoms with Crippen LogP contribution in [0.3, 0.4) is 0 Å². The topological polar surface area (TPSA) is 93.1 Å². The van der Waals surface area contributed by atoms with E-state index in [1.54, 1.807) is 18.4 Å². The number of fused-ring (bicyclic) bond motifs is 1. The second-order valence-corrected chi connectivity index (χ2v) is 8.78. The van der Waals surface area contributed by atoms with E-state index in [-0.39, 0.29) is 23.8 Å². The highest BCUT2D eigenvalue weighted by atomic mass is 32.1. The van der Waals surface area contributed by atoms with Gasteiger partial charge in [-0.2, -0.15) is 9.50 Å². The number of esters is 1. The van der Waals surface area contributed by atoms with Crippen molar-refractivity contribution in [2.45, 2.75) is 25.8 Å². The standard InChI is InChI=1S/C23H24N4O4S/c1-2-30-22(29)16-10-12-26(13-11-16)18(15-7-4-3-5-8-15)19-21(28)27-23(32-19)24-20(25-27)17-9-6-14-31-17/h3-9,14,16,18,28H,2,10-13H2,1H3. The second kappa shape index (κ2) is 8.76. The number of aromatic nitrogens is 3. The van der Waals surface area contributed by atoms with Gasteiger partial charge < -0.3 is 14.3 Å². The number of ether oxygens (including phenoxy) is 1. The first kappa shape index (κ1) is 20.7. The highest BCUT2D eigenvalue weighted by Gasteiger charge is 2.34. The van der Waals surface area contributed by atoms with E-state index < -0.39 is 0 Å². The molecule has 1 atom stereocenters. The molecule has 1 N–H and O–H groups in total. The van der Waals surface area contributed by atoms with Crippen LogP contribution in [0.25, 0.3) is 16.5 Å². The molecule has 4 aromatic rings. The Morgan fingerprint density at radius 1 is 1.25 bits per heavy atom. The van der Waals surface area contributed by atoms with Crippen LogP contribution in [0.5, 0.6) is 5.88 Å². The minimum absolute atomic E-state index is 0.0746. The summed E-state index contributed by atoms with van der Waals surface area (Å²) in [5.41, 5.74) is 1.08. The van der Waals surface area contributed by atoms with Crippen molar-refractivity contribution in [2.24, 2.45) is 5.92 Å². The van der Waals surface area contributed by atoms with E-state index in [0.717, 1.165) is 36.4 Å². The normalized spacial score (nSPS) is 16.4. The molecule has 1 aliphatic rings. The fraction of sp³-hybridized carbons (Fsp3) is 0.348. The molecule has 1 saturated heterocycles. The van der Waals surface area contributed by atoms with Crippen molar-refractivity contribution in [1.29, 1.82) is 0 Å². The van der Waals surface area contributed by atoms with Crippen LogP contribution < -0.4 is 0 Å². The Hall–Kier alpha value is -3.17. The molecule has 1 fully saturated rings. The first-order valence-corrected chi connectivity index (χ1v) is 11.5. The fourth-order valence-electron chi connectivity index (χ4n) is 4.26. The lowest BCUT2D eigenvalue weighted by atomic mass is 9.94. The van der Waals surface area contributed by atoms with E-state index in [2.05, 4.69) is 27.1 Å². The van der Waals surface area contributed by atoms with Gasteiger partial charge in [0.25, 0.3) is 0 Å². The maximum absolute atomic E-state index is 12.2. The van der Waals surface area contributed by atoms with Crippen molar-refractivity contribution >= 4 is 22.3 Å². The maximum atomic E-state index is 12.2. The van der Waals surface area contributed by atoms with Gasteiger partial charge >= 0.3 is 5.97 Å². The van der Waals surface area contributed by atoms with Crippen LogP contribution in [0.2, 0.25) is 0 Å². The Balaban J connectivity index is 1.47. The third kappa shape index (κ3) is 3.78. The molecule has 0 radical (unpaired) electrons. The molecule has 0 amide bonds. The van der Waals surface area contributed by atoms with Gasteiger partial charge in [0.1, 0.15) is 0 Å². The summed E-state index contributed by atoms with van der Waals surface area (Å²) >= 11 is 1.42. The number of piperidine rings is 1. The summed E-state index contributed by atoms with van der Waals surface area (Å²) in [6.07, 6.45) is 3.03. The summed E-state index contributed by atoms with van der Waals surface area (Å²) in [7, 11) is 0. The van der Waals surface area contributed by atoms with Gasteiger partial charge in [-0.1, -0.05) is 41.7 Å².